The van der Waals surface area contributed by atoms with Crippen LogP contribution in [0.5, 0.6) is 0 Å². The van der Waals surface area contributed by atoms with Crippen molar-refractivity contribution >= 4 is 46.8 Å². The molecule has 0 aliphatic carbocycles. The molecule has 1 fully saturated rings. The van der Waals surface area contributed by atoms with Gasteiger partial charge in [-0.2, -0.15) is 0 Å². The van der Waals surface area contributed by atoms with E-state index in [4.69, 9.17) is 27.9 Å². The summed E-state index contributed by atoms with van der Waals surface area (Å²) in [5, 5.41) is 10.7. The summed E-state index contributed by atoms with van der Waals surface area (Å²) < 4.78 is 7.14. The summed E-state index contributed by atoms with van der Waals surface area (Å²) in [6.45, 7) is 5.38. The summed E-state index contributed by atoms with van der Waals surface area (Å²) in [6.07, 6.45) is 3.68. The summed E-state index contributed by atoms with van der Waals surface area (Å²) in [6, 6.07) is 13.6. The first-order valence-corrected chi connectivity index (χ1v) is 14.7. The van der Waals surface area contributed by atoms with Crippen molar-refractivity contribution in [1.82, 2.24) is 19.7 Å². The van der Waals surface area contributed by atoms with Gasteiger partial charge in [0.15, 0.2) is 11.0 Å². The van der Waals surface area contributed by atoms with Crippen LogP contribution in [-0.2, 0) is 14.3 Å². The van der Waals surface area contributed by atoms with Gasteiger partial charge in [-0.3, -0.25) is 14.2 Å². The number of thioether (sulfide) groups is 1. The number of likely N-dealkylation sites (tertiary alicyclic amines) is 1. The summed E-state index contributed by atoms with van der Waals surface area (Å²) in [5.74, 6) is 1.20. The zero-order valence-corrected chi connectivity index (χ0v) is 24.0. The van der Waals surface area contributed by atoms with Gasteiger partial charge in [0.25, 0.3) is 0 Å². The topological polar surface area (TPSA) is 77.3 Å². The SMILES string of the molecule is CCOC(=O)C1CCCN(C(=O)CCCCSc2nnc(-c3ccc(C)cc3)n2-c2ccc(Cl)c(Cl)c2)C1. The number of hydrogen-bond acceptors (Lipinski definition) is 6. The number of hydrogen-bond donors (Lipinski definition) is 0. The first-order valence-electron chi connectivity index (χ1n) is 12.9. The maximum absolute atomic E-state index is 12.8. The molecule has 38 heavy (non-hydrogen) atoms. The van der Waals surface area contributed by atoms with Crippen LogP contribution in [0, 0.1) is 12.8 Å². The molecular weight excluding hydrogens is 543 g/mol. The molecule has 1 saturated heterocycles. The summed E-state index contributed by atoms with van der Waals surface area (Å²) in [4.78, 5) is 26.7. The van der Waals surface area contributed by atoms with Crippen LogP contribution in [-0.4, -0.2) is 57.0 Å². The molecule has 1 aliphatic heterocycles. The van der Waals surface area contributed by atoms with Crippen molar-refractivity contribution < 1.29 is 14.3 Å². The molecule has 2 aromatic carbocycles. The Balaban J connectivity index is 1.37. The standard InChI is InChI=1S/C28H32Cl2N4O3S/c1-3-37-27(36)21-7-6-15-33(18-21)25(35)8-4-5-16-38-28-32-31-26(20-11-9-19(2)10-12-20)34(28)22-13-14-23(29)24(30)17-22/h9-14,17,21H,3-8,15-16,18H2,1-2H3. The second kappa shape index (κ2) is 13.5. The van der Waals surface area contributed by atoms with Crippen molar-refractivity contribution in [2.75, 3.05) is 25.4 Å². The van der Waals surface area contributed by atoms with Crippen LogP contribution < -0.4 is 0 Å². The lowest BCUT2D eigenvalue weighted by molar-refractivity contribution is -0.151. The van der Waals surface area contributed by atoms with Crippen LogP contribution in [0.2, 0.25) is 10.0 Å². The van der Waals surface area contributed by atoms with Crippen molar-refractivity contribution in [1.29, 1.82) is 0 Å². The molecule has 1 aliphatic rings. The number of carbonyl (C=O) groups excluding carboxylic acids is 2. The molecule has 0 saturated carbocycles. The Labute approximate surface area is 237 Å². The molecule has 10 heteroatoms. The number of nitrogens with zero attached hydrogens (tertiary/aromatic N) is 4. The minimum atomic E-state index is -0.210. The van der Waals surface area contributed by atoms with Gasteiger partial charge in [0.2, 0.25) is 5.91 Å². The number of piperidine rings is 1. The van der Waals surface area contributed by atoms with Gasteiger partial charge in [-0.05, 0) is 57.7 Å². The zero-order chi connectivity index (χ0) is 27.1. The summed E-state index contributed by atoms with van der Waals surface area (Å²) in [5.41, 5.74) is 2.95. The number of esters is 1. The van der Waals surface area contributed by atoms with Crippen LogP contribution >= 0.6 is 35.0 Å². The van der Waals surface area contributed by atoms with Crippen molar-refractivity contribution in [3.05, 3.63) is 58.1 Å². The molecule has 4 rings (SSSR count). The molecule has 0 bridgehead atoms. The van der Waals surface area contributed by atoms with Gasteiger partial charge in [0, 0.05) is 30.8 Å². The lowest BCUT2D eigenvalue weighted by Crippen LogP contribution is -2.42. The Morgan fingerprint density at radius 1 is 1.08 bits per heavy atom. The third-order valence-electron chi connectivity index (χ3n) is 6.51. The lowest BCUT2D eigenvalue weighted by Gasteiger charge is -2.31. The highest BCUT2D eigenvalue weighted by atomic mass is 35.5. The maximum Gasteiger partial charge on any atom is 0.310 e. The first kappa shape index (κ1) is 28.5. The van der Waals surface area contributed by atoms with E-state index in [1.807, 2.05) is 52.8 Å². The number of rotatable bonds is 10. The van der Waals surface area contributed by atoms with Crippen LogP contribution in [0.25, 0.3) is 17.1 Å². The number of carbonyl (C=O) groups is 2. The number of unbranched alkanes of at least 4 members (excludes halogenated alkanes) is 1. The molecule has 0 spiro atoms. The monoisotopic (exact) mass is 574 g/mol. The molecule has 1 amide bonds. The van der Waals surface area contributed by atoms with Crippen LogP contribution in [0.4, 0.5) is 0 Å². The maximum atomic E-state index is 12.8. The van der Waals surface area contributed by atoms with Gasteiger partial charge in [0.05, 0.1) is 28.3 Å². The van der Waals surface area contributed by atoms with E-state index >= 15 is 0 Å². The second-order valence-corrected chi connectivity index (χ2v) is 11.2. The molecule has 1 unspecified atom stereocenters. The lowest BCUT2D eigenvalue weighted by atomic mass is 9.98. The van der Waals surface area contributed by atoms with Crippen LogP contribution in [0.1, 0.15) is 44.6 Å². The Bertz CT molecular complexity index is 1270. The number of halogens is 2. The van der Waals surface area contributed by atoms with Crippen LogP contribution in [0.3, 0.4) is 0 Å². The minimum Gasteiger partial charge on any atom is -0.466 e. The van der Waals surface area contributed by atoms with Gasteiger partial charge >= 0.3 is 5.97 Å². The van der Waals surface area contributed by atoms with Gasteiger partial charge in [0.1, 0.15) is 0 Å². The third kappa shape index (κ3) is 7.10. The number of aromatic nitrogens is 3. The van der Waals surface area contributed by atoms with Crippen LogP contribution in [0.15, 0.2) is 47.6 Å². The number of ether oxygens (including phenoxy) is 1. The molecule has 3 aromatic rings. The molecule has 202 valence electrons. The van der Waals surface area contributed by atoms with E-state index in [-0.39, 0.29) is 17.8 Å². The molecular formula is C28H32Cl2N4O3S. The zero-order valence-electron chi connectivity index (χ0n) is 21.7. The molecule has 0 radical (unpaired) electrons. The summed E-state index contributed by atoms with van der Waals surface area (Å²) in [7, 11) is 0. The largest absolute Gasteiger partial charge is 0.466 e. The highest BCUT2D eigenvalue weighted by molar-refractivity contribution is 7.99. The van der Waals surface area contributed by atoms with E-state index < -0.39 is 0 Å². The molecule has 0 N–H and O–H groups in total. The fourth-order valence-corrected chi connectivity index (χ4v) is 5.71. The van der Waals surface area contributed by atoms with Gasteiger partial charge in [-0.1, -0.05) is 64.8 Å². The number of benzene rings is 2. The quantitative estimate of drug-likeness (QED) is 0.154. The summed E-state index contributed by atoms with van der Waals surface area (Å²) >= 11 is 14.1. The average Bonchev–Trinajstić information content (AvgIpc) is 3.34. The predicted octanol–water partition coefficient (Wildman–Crippen LogP) is 6.61. The normalized spacial score (nSPS) is 15.5. The van der Waals surface area contributed by atoms with Gasteiger partial charge in [-0.25, -0.2) is 0 Å². The minimum absolute atomic E-state index is 0.102. The average molecular weight is 576 g/mol. The Hall–Kier alpha value is -2.55. The fraction of sp³-hybridized carbons (Fsp3) is 0.429. The predicted molar refractivity (Wildman–Crippen MR) is 152 cm³/mol. The highest BCUT2D eigenvalue weighted by Gasteiger charge is 2.29. The van der Waals surface area contributed by atoms with E-state index in [1.165, 1.54) is 5.56 Å². The third-order valence-corrected chi connectivity index (χ3v) is 8.27. The van der Waals surface area contributed by atoms with E-state index in [1.54, 1.807) is 24.8 Å². The molecule has 1 atom stereocenters. The smallest absolute Gasteiger partial charge is 0.310 e. The van der Waals surface area contributed by atoms with Gasteiger partial charge < -0.3 is 9.64 Å². The van der Waals surface area contributed by atoms with Gasteiger partial charge in [-0.15, -0.1) is 10.2 Å². The molecule has 7 nitrogen and oxygen atoms in total. The van der Waals surface area contributed by atoms with E-state index in [0.29, 0.717) is 36.2 Å². The Kier molecular flexibility index (Phi) is 10.1. The van der Waals surface area contributed by atoms with Crippen molar-refractivity contribution in [2.24, 2.45) is 5.92 Å². The number of aryl methyl sites for hydroxylation is 1. The van der Waals surface area contributed by atoms with E-state index in [2.05, 4.69) is 10.2 Å². The fourth-order valence-electron chi connectivity index (χ4n) is 4.47. The van der Waals surface area contributed by atoms with Crippen molar-refractivity contribution in [3.63, 3.8) is 0 Å². The Morgan fingerprint density at radius 2 is 1.87 bits per heavy atom. The van der Waals surface area contributed by atoms with E-state index in [0.717, 1.165) is 53.7 Å². The van der Waals surface area contributed by atoms with Crippen molar-refractivity contribution in [2.45, 2.75) is 51.1 Å². The van der Waals surface area contributed by atoms with E-state index in [9.17, 15) is 9.59 Å². The number of amides is 1. The first-order chi connectivity index (χ1) is 18.4. The molecule has 1 aromatic heterocycles. The van der Waals surface area contributed by atoms with Crippen molar-refractivity contribution in [3.8, 4) is 17.1 Å². The Morgan fingerprint density at radius 3 is 2.61 bits per heavy atom. The second-order valence-electron chi connectivity index (χ2n) is 9.34. The molecule has 2 heterocycles. The highest BCUT2D eigenvalue weighted by Crippen LogP contribution is 2.32.